The van der Waals surface area contributed by atoms with Crippen LogP contribution in [0, 0.1) is 0 Å². The summed E-state index contributed by atoms with van der Waals surface area (Å²) in [6.45, 7) is 14.7. The molecule has 0 spiro atoms. The van der Waals surface area contributed by atoms with Crippen molar-refractivity contribution in [1.29, 1.82) is 0 Å². The smallest absolute Gasteiger partial charge is 0.550 e. The molecule has 0 aliphatic carbocycles. The number of rotatable bonds is 4. The summed E-state index contributed by atoms with van der Waals surface area (Å²) < 4.78 is 0. The summed E-state index contributed by atoms with van der Waals surface area (Å²) in [5, 5.41) is 24.0. The maximum Gasteiger partial charge on any atom is 2.00 e. The topological polar surface area (TPSA) is 104 Å². The Kier molecular flexibility index (Phi) is 59.0. The van der Waals surface area contributed by atoms with E-state index in [1.807, 2.05) is 0 Å². The third kappa shape index (κ3) is 340. The fourth-order valence-corrected chi connectivity index (χ4v) is 0.500. The SMILES string of the molecule is CC(=O)[O-].CC(=O)[O-].CCNCC.CCNCC.[Pd+2]. The molecule has 6 nitrogen and oxygen atoms in total. The zero-order chi connectivity index (χ0) is 15.4. The molecular weight excluding hydrogens is 343 g/mol. The molecule has 0 atom stereocenters. The van der Waals surface area contributed by atoms with Crippen LogP contribution in [0.3, 0.4) is 0 Å². The first-order chi connectivity index (χ1) is 8.29. The Balaban J connectivity index is -0.0000000453. The van der Waals surface area contributed by atoms with Gasteiger partial charge in [-0.05, 0) is 40.0 Å². The van der Waals surface area contributed by atoms with E-state index >= 15 is 0 Å². The van der Waals surface area contributed by atoms with Crippen molar-refractivity contribution in [1.82, 2.24) is 10.6 Å². The Labute approximate surface area is 131 Å². The number of carboxylic acid groups (broad SMARTS) is 2. The molecule has 0 radical (unpaired) electrons. The molecule has 2 N–H and O–H groups in total. The van der Waals surface area contributed by atoms with Crippen LogP contribution in [0.1, 0.15) is 41.5 Å². The number of carbonyl (C=O) groups excluding carboxylic acids is 2. The van der Waals surface area contributed by atoms with Crippen LogP contribution in [0.25, 0.3) is 0 Å². The second-order valence-electron chi connectivity index (χ2n) is 2.90. The standard InChI is InChI=1S/2C4H11N.2C2H4O2.Pd/c2*1-3-5-4-2;2*1-2(3)4;/h2*5H,3-4H2,1-2H3;2*1H3,(H,3,4);/q;;;;+2/p-2. The van der Waals surface area contributed by atoms with Gasteiger partial charge in [-0.1, -0.05) is 27.7 Å². The second kappa shape index (κ2) is 36.0. The van der Waals surface area contributed by atoms with Crippen LogP contribution >= 0.6 is 0 Å². The summed E-state index contributed by atoms with van der Waals surface area (Å²) >= 11 is 0. The van der Waals surface area contributed by atoms with Crippen molar-refractivity contribution < 1.29 is 40.2 Å². The monoisotopic (exact) mass is 370 g/mol. The van der Waals surface area contributed by atoms with Crippen molar-refractivity contribution in [2.45, 2.75) is 41.5 Å². The Morgan fingerprint density at radius 2 is 0.842 bits per heavy atom. The van der Waals surface area contributed by atoms with E-state index in [9.17, 15) is 0 Å². The molecule has 0 saturated carbocycles. The van der Waals surface area contributed by atoms with Gasteiger partial charge < -0.3 is 30.4 Å². The van der Waals surface area contributed by atoms with E-state index in [0.717, 1.165) is 40.0 Å². The summed E-state index contributed by atoms with van der Waals surface area (Å²) in [5.74, 6) is -2.17. The Bertz CT molecular complexity index is 140. The van der Waals surface area contributed by atoms with Crippen LogP contribution in [0.2, 0.25) is 0 Å². The maximum atomic E-state index is 8.89. The minimum absolute atomic E-state index is 0. The third-order valence-corrected chi connectivity index (χ3v) is 1.000. The van der Waals surface area contributed by atoms with Crippen molar-refractivity contribution in [3.63, 3.8) is 0 Å². The van der Waals surface area contributed by atoms with Crippen molar-refractivity contribution in [3.8, 4) is 0 Å². The van der Waals surface area contributed by atoms with Gasteiger partial charge in [0.2, 0.25) is 0 Å². The Morgan fingerprint density at radius 1 is 0.737 bits per heavy atom. The van der Waals surface area contributed by atoms with Crippen molar-refractivity contribution in [3.05, 3.63) is 0 Å². The van der Waals surface area contributed by atoms with E-state index < -0.39 is 11.9 Å². The summed E-state index contributed by atoms with van der Waals surface area (Å²) in [7, 11) is 0. The minimum atomic E-state index is -1.08. The van der Waals surface area contributed by atoms with Gasteiger partial charge in [0, 0.05) is 11.9 Å². The molecule has 0 heterocycles. The average molecular weight is 371 g/mol. The molecule has 0 aromatic carbocycles. The Hall–Kier alpha value is -0.478. The first-order valence-electron chi connectivity index (χ1n) is 6.06. The second-order valence-corrected chi connectivity index (χ2v) is 2.90. The van der Waals surface area contributed by atoms with Gasteiger partial charge >= 0.3 is 20.4 Å². The predicted molar refractivity (Wildman–Crippen MR) is 69.8 cm³/mol. The quantitative estimate of drug-likeness (QED) is 0.599. The molecule has 0 aromatic heterocycles. The fraction of sp³-hybridized carbons (Fsp3) is 0.833. The molecule has 0 saturated heterocycles. The van der Waals surface area contributed by atoms with Gasteiger partial charge in [0.15, 0.2) is 0 Å². The summed E-state index contributed by atoms with van der Waals surface area (Å²) in [6.07, 6.45) is 0. The zero-order valence-corrected chi connectivity index (χ0v) is 14.3. The van der Waals surface area contributed by atoms with Crippen molar-refractivity contribution >= 4 is 11.9 Å². The van der Waals surface area contributed by atoms with Crippen molar-refractivity contribution in [2.24, 2.45) is 0 Å². The van der Waals surface area contributed by atoms with Gasteiger partial charge in [-0.2, -0.15) is 0 Å². The molecule has 120 valence electrons. The maximum absolute atomic E-state index is 8.89. The number of nitrogens with one attached hydrogen (secondary N) is 2. The predicted octanol–water partition coefficient (Wildman–Crippen LogP) is -1.26. The molecule has 0 bridgehead atoms. The number of hydrogen-bond acceptors (Lipinski definition) is 6. The van der Waals surface area contributed by atoms with Gasteiger partial charge in [-0.25, -0.2) is 0 Å². The van der Waals surface area contributed by atoms with Crippen LogP contribution < -0.4 is 20.8 Å². The molecule has 7 heteroatoms. The van der Waals surface area contributed by atoms with Gasteiger partial charge in [0.05, 0.1) is 0 Å². The minimum Gasteiger partial charge on any atom is -0.550 e. The molecule has 0 aliphatic rings. The van der Waals surface area contributed by atoms with Crippen LogP contribution in [-0.4, -0.2) is 38.1 Å². The number of carboxylic acids is 2. The molecular formula is C12H28N2O4Pd. The molecule has 0 aliphatic heterocycles. The van der Waals surface area contributed by atoms with E-state index in [1.165, 1.54) is 0 Å². The fourth-order valence-electron chi connectivity index (χ4n) is 0.500. The number of hydrogen-bond donors (Lipinski definition) is 2. The Morgan fingerprint density at radius 3 is 0.842 bits per heavy atom. The molecule has 0 unspecified atom stereocenters. The van der Waals surface area contributed by atoms with Crippen LogP contribution in [0.5, 0.6) is 0 Å². The summed E-state index contributed by atoms with van der Waals surface area (Å²) in [4.78, 5) is 17.8. The normalized spacial score (nSPS) is 7.05. The first-order valence-corrected chi connectivity index (χ1v) is 6.06. The van der Waals surface area contributed by atoms with Gasteiger partial charge in [0.1, 0.15) is 0 Å². The molecule has 19 heavy (non-hydrogen) atoms. The largest absolute Gasteiger partial charge is 2.00 e. The van der Waals surface area contributed by atoms with Crippen molar-refractivity contribution in [2.75, 3.05) is 26.2 Å². The molecule has 0 fully saturated rings. The van der Waals surface area contributed by atoms with E-state index in [4.69, 9.17) is 19.8 Å². The number of carbonyl (C=O) groups is 2. The van der Waals surface area contributed by atoms with Crippen LogP contribution in [0.15, 0.2) is 0 Å². The van der Waals surface area contributed by atoms with E-state index in [1.54, 1.807) is 0 Å². The first kappa shape index (κ1) is 31.1. The molecule has 0 aromatic rings. The van der Waals surface area contributed by atoms with E-state index in [0.29, 0.717) is 0 Å². The van der Waals surface area contributed by atoms with Gasteiger partial charge in [-0.15, -0.1) is 0 Å². The van der Waals surface area contributed by atoms with E-state index in [-0.39, 0.29) is 20.4 Å². The van der Waals surface area contributed by atoms with Gasteiger partial charge in [-0.3, -0.25) is 0 Å². The van der Waals surface area contributed by atoms with E-state index in [2.05, 4.69) is 38.3 Å². The summed E-state index contributed by atoms with van der Waals surface area (Å²) in [6, 6.07) is 0. The van der Waals surface area contributed by atoms with Gasteiger partial charge in [0.25, 0.3) is 0 Å². The molecule has 0 rings (SSSR count). The van der Waals surface area contributed by atoms with Crippen LogP contribution in [0.4, 0.5) is 0 Å². The molecule has 0 amide bonds. The summed E-state index contributed by atoms with van der Waals surface area (Å²) in [5.41, 5.74) is 0. The number of aliphatic carboxylic acids is 2. The van der Waals surface area contributed by atoms with Crippen LogP contribution in [-0.2, 0) is 30.0 Å². The average Bonchev–Trinajstić information content (AvgIpc) is 2.19. The third-order valence-electron chi connectivity index (χ3n) is 1.000. The zero-order valence-electron chi connectivity index (χ0n) is 12.8.